The van der Waals surface area contributed by atoms with Gasteiger partial charge in [-0.2, -0.15) is 0 Å². The number of carbonyl (C=O) groups excluding carboxylic acids is 1. The Morgan fingerprint density at radius 3 is 2.84 bits per heavy atom. The highest BCUT2D eigenvalue weighted by Gasteiger charge is 2.48. The summed E-state index contributed by atoms with van der Waals surface area (Å²) in [4.78, 5) is 20.1. The Hall–Kier alpha value is -2.31. The maximum absolute atomic E-state index is 12.1. The van der Waals surface area contributed by atoms with Crippen LogP contribution >= 0.6 is 0 Å². The highest BCUT2D eigenvalue weighted by Crippen LogP contribution is 2.31. The molecule has 0 amide bonds. The molecule has 1 aromatic rings. The summed E-state index contributed by atoms with van der Waals surface area (Å²) < 4.78 is 15.4. The third-order valence-electron chi connectivity index (χ3n) is 2.75. The van der Waals surface area contributed by atoms with Crippen LogP contribution in [-0.2, 0) is 19.9 Å². The molecule has 0 aliphatic carbocycles. The first kappa shape index (κ1) is 13.1. The van der Waals surface area contributed by atoms with Crippen molar-refractivity contribution >= 4 is 12.0 Å². The lowest BCUT2D eigenvalue weighted by Gasteiger charge is -2.25. The first-order chi connectivity index (χ1) is 9.12. The molecular weight excluding hydrogens is 250 g/mol. The molecule has 1 atom stereocenters. The van der Waals surface area contributed by atoms with E-state index in [1.165, 1.54) is 13.3 Å². The number of aromatic nitrogens is 1. The van der Waals surface area contributed by atoms with Gasteiger partial charge in [-0.05, 0) is 13.0 Å². The Bertz CT molecular complexity index is 500. The fourth-order valence-corrected chi connectivity index (χ4v) is 1.79. The number of ether oxygens (including phenoxy) is 3. The lowest BCUT2D eigenvalue weighted by molar-refractivity contribution is -0.161. The molecule has 7 heteroatoms. The second-order valence-corrected chi connectivity index (χ2v) is 3.89. The average molecular weight is 265 g/mol. The zero-order valence-electron chi connectivity index (χ0n) is 10.8. The summed E-state index contributed by atoms with van der Waals surface area (Å²) in [7, 11) is 1.51. The van der Waals surface area contributed by atoms with E-state index in [2.05, 4.69) is 9.98 Å². The number of pyridine rings is 1. The van der Waals surface area contributed by atoms with Crippen LogP contribution in [0.3, 0.4) is 0 Å². The summed E-state index contributed by atoms with van der Waals surface area (Å²) in [5, 5.41) is 0. The van der Waals surface area contributed by atoms with E-state index in [1.807, 2.05) is 0 Å². The molecule has 0 bridgehead atoms. The van der Waals surface area contributed by atoms with Crippen molar-refractivity contribution in [2.45, 2.75) is 12.5 Å². The van der Waals surface area contributed by atoms with Gasteiger partial charge in [0.25, 0.3) is 11.6 Å². The molecule has 0 spiro atoms. The Labute approximate surface area is 110 Å². The van der Waals surface area contributed by atoms with Gasteiger partial charge in [-0.15, -0.1) is 0 Å². The van der Waals surface area contributed by atoms with Crippen molar-refractivity contribution in [2.75, 3.05) is 20.3 Å². The third kappa shape index (κ3) is 2.31. The fraction of sp³-hybridized carbons (Fsp3) is 0.417. The van der Waals surface area contributed by atoms with Crippen LogP contribution in [-0.4, -0.2) is 37.2 Å². The molecule has 1 aliphatic rings. The van der Waals surface area contributed by atoms with Crippen LogP contribution in [0.15, 0.2) is 23.3 Å². The molecule has 0 saturated heterocycles. The van der Waals surface area contributed by atoms with E-state index in [-0.39, 0.29) is 19.2 Å². The molecule has 19 heavy (non-hydrogen) atoms. The monoisotopic (exact) mass is 265 g/mol. The minimum atomic E-state index is -1.35. The second kappa shape index (κ2) is 5.13. The number of esters is 1. The Morgan fingerprint density at radius 1 is 1.58 bits per heavy atom. The zero-order valence-corrected chi connectivity index (χ0v) is 10.8. The zero-order chi connectivity index (χ0) is 13.9. The number of rotatable bonds is 4. The molecule has 0 fully saturated rings. The molecule has 0 aromatic carbocycles. The van der Waals surface area contributed by atoms with Crippen molar-refractivity contribution in [1.82, 2.24) is 4.98 Å². The molecule has 0 radical (unpaired) electrons. The van der Waals surface area contributed by atoms with Gasteiger partial charge in [0, 0.05) is 17.8 Å². The van der Waals surface area contributed by atoms with Gasteiger partial charge in [-0.3, -0.25) is 0 Å². The number of nitrogens with two attached hydrogens (primary N) is 1. The number of aliphatic imine (C=N–C) groups is 1. The summed E-state index contributed by atoms with van der Waals surface area (Å²) >= 11 is 0. The highest BCUT2D eigenvalue weighted by atomic mass is 16.6. The van der Waals surface area contributed by atoms with E-state index in [1.54, 1.807) is 19.1 Å². The van der Waals surface area contributed by atoms with Gasteiger partial charge in [-0.1, -0.05) is 0 Å². The summed E-state index contributed by atoms with van der Waals surface area (Å²) in [5.74, 6) is -0.0965. The number of nitrogens with zero attached hydrogens (tertiary/aromatic N) is 2. The lowest BCUT2D eigenvalue weighted by Crippen LogP contribution is -2.42. The molecule has 1 aromatic heterocycles. The van der Waals surface area contributed by atoms with Gasteiger partial charge >= 0.3 is 5.97 Å². The van der Waals surface area contributed by atoms with Crippen LogP contribution in [0.2, 0.25) is 0 Å². The Balaban J connectivity index is 2.35. The summed E-state index contributed by atoms with van der Waals surface area (Å²) in [6, 6.07) is 3.27. The molecule has 102 valence electrons. The number of carbonyl (C=O) groups is 1. The largest absolute Gasteiger partial charge is 0.481 e. The van der Waals surface area contributed by atoms with Crippen molar-refractivity contribution in [3.05, 3.63) is 23.9 Å². The maximum atomic E-state index is 12.1. The van der Waals surface area contributed by atoms with Crippen LogP contribution in [0, 0.1) is 0 Å². The van der Waals surface area contributed by atoms with Crippen LogP contribution in [0.5, 0.6) is 5.88 Å². The minimum Gasteiger partial charge on any atom is -0.481 e. The molecule has 1 aliphatic heterocycles. The third-order valence-corrected chi connectivity index (χ3v) is 2.75. The van der Waals surface area contributed by atoms with Gasteiger partial charge in [0.15, 0.2) is 0 Å². The predicted molar refractivity (Wildman–Crippen MR) is 66.7 cm³/mol. The minimum absolute atomic E-state index is 0.0381. The number of amidine groups is 1. The molecule has 7 nitrogen and oxygen atoms in total. The molecule has 2 rings (SSSR count). The van der Waals surface area contributed by atoms with Crippen molar-refractivity contribution < 1.29 is 19.0 Å². The summed E-state index contributed by atoms with van der Waals surface area (Å²) in [6.45, 7) is 2.04. The fourth-order valence-electron chi connectivity index (χ4n) is 1.79. The van der Waals surface area contributed by atoms with Crippen LogP contribution < -0.4 is 10.5 Å². The molecular formula is C12H15N3O4. The molecule has 0 unspecified atom stereocenters. The average Bonchev–Trinajstić information content (AvgIpc) is 2.83. The first-order valence-electron chi connectivity index (χ1n) is 5.79. The van der Waals surface area contributed by atoms with Gasteiger partial charge in [0.2, 0.25) is 5.88 Å². The first-order valence-corrected chi connectivity index (χ1v) is 5.79. The van der Waals surface area contributed by atoms with Crippen molar-refractivity contribution in [2.24, 2.45) is 10.7 Å². The topological polar surface area (TPSA) is 96.0 Å². The van der Waals surface area contributed by atoms with E-state index in [0.29, 0.717) is 11.4 Å². The smallest absolute Gasteiger partial charge is 0.357 e. The normalized spacial score (nSPS) is 21.5. The maximum Gasteiger partial charge on any atom is 0.357 e. The second-order valence-electron chi connectivity index (χ2n) is 3.89. The molecule has 0 saturated carbocycles. The van der Waals surface area contributed by atoms with E-state index in [9.17, 15) is 4.79 Å². The van der Waals surface area contributed by atoms with Crippen LogP contribution in [0.1, 0.15) is 12.5 Å². The van der Waals surface area contributed by atoms with Gasteiger partial charge in [0.1, 0.15) is 0 Å². The predicted octanol–water partition coefficient (Wildman–Crippen LogP) is 0.194. The van der Waals surface area contributed by atoms with Crippen molar-refractivity contribution in [3.63, 3.8) is 0 Å². The summed E-state index contributed by atoms with van der Waals surface area (Å²) in [5.41, 5.74) is 4.69. The van der Waals surface area contributed by atoms with Crippen LogP contribution in [0.4, 0.5) is 0 Å². The number of hydrogen-bond donors (Lipinski definition) is 1. The van der Waals surface area contributed by atoms with E-state index < -0.39 is 11.6 Å². The lowest BCUT2D eigenvalue weighted by atomic mass is 9.95. The van der Waals surface area contributed by atoms with Gasteiger partial charge < -0.3 is 19.9 Å². The van der Waals surface area contributed by atoms with Crippen molar-refractivity contribution in [3.8, 4) is 5.88 Å². The standard InChI is InChI=1S/C12H15N3O4/c1-3-18-10(16)12(7-15-11(13)19-12)8-4-5-9(17-2)14-6-8/h4-6H,3,7H2,1-2H3,(H2,13,15)/t12-/m1/s1. The van der Waals surface area contributed by atoms with Crippen molar-refractivity contribution in [1.29, 1.82) is 0 Å². The molecule has 2 heterocycles. The number of hydrogen-bond acceptors (Lipinski definition) is 7. The SMILES string of the molecule is CCOC(=O)[C@]1(c2ccc(OC)nc2)CN=C(N)O1. The summed E-state index contributed by atoms with van der Waals surface area (Å²) in [6.07, 6.45) is 1.49. The number of methoxy groups -OCH3 is 1. The Morgan fingerprint density at radius 2 is 2.37 bits per heavy atom. The van der Waals surface area contributed by atoms with E-state index in [0.717, 1.165) is 0 Å². The van der Waals surface area contributed by atoms with Crippen LogP contribution in [0.25, 0.3) is 0 Å². The quantitative estimate of drug-likeness (QED) is 0.781. The highest BCUT2D eigenvalue weighted by molar-refractivity contribution is 5.88. The van der Waals surface area contributed by atoms with E-state index >= 15 is 0 Å². The van der Waals surface area contributed by atoms with E-state index in [4.69, 9.17) is 19.9 Å². The van der Waals surface area contributed by atoms with Gasteiger partial charge in [0.05, 0.1) is 20.3 Å². The van der Waals surface area contributed by atoms with Gasteiger partial charge in [-0.25, -0.2) is 14.8 Å². The molecule has 2 N–H and O–H groups in total. The Kier molecular flexibility index (Phi) is 3.55.